The van der Waals surface area contributed by atoms with Gasteiger partial charge in [-0.25, -0.2) is 0 Å². The maximum atomic E-state index is 12.8. The lowest BCUT2D eigenvalue weighted by atomic mass is 10.1. The molecule has 6 nitrogen and oxygen atoms in total. The first-order chi connectivity index (χ1) is 34.0. The van der Waals surface area contributed by atoms with Crippen molar-refractivity contribution in [2.24, 2.45) is 0 Å². The molecule has 0 N–H and O–H groups in total. The van der Waals surface area contributed by atoms with E-state index < -0.39 is 6.10 Å². The van der Waals surface area contributed by atoms with E-state index in [4.69, 9.17) is 14.2 Å². The van der Waals surface area contributed by atoms with Crippen LogP contribution in [0.1, 0.15) is 239 Å². The average Bonchev–Trinajstić information content (AvgIpc) is 3.35. The van der Waals surface area contributed by atoms with Crippen LogP contribution in [0, 0.1) is 0 Å². The van der Waals surface area contributed by atoms with Crippen molar-refractivity contribution in [1.29, 1.82) is 0 Å². The number of carbonyl (C=O) groups is 3. The Morgan fingerprint density at radius 3 is 0.884 bits per heavy atom. The normalized spacial score (nSPS) is 13.0. The van der Waals surface area contributed by atoms with Gasteiger partial charge in [-0.15, -0.1) is 0 Å². The number of esters is 3. The first-order valence-corrected chi connectivity index (χ1v) is 28.0. The Kier molecular flexibility index (Phi) is 53.0. The van der Waals surface area contributed by atoms with Crippen LogP contribution in [0.25, 0.3) is 0 Å². The van der Waals surface area contributed by atoms with Gasteiger partial charge in [0.1, 0.15) is 13.2 Å². The van der Waals surface area contributed by atoms with Gasteiger partial charge in [0.25, 0.3) is 0 Å². The van der Waals surface area contributed by atoms with Gasteiger partial charge in [-0.1, -0.05) is 232 Å². The number of rotatable bonds is 49. The average molecular weight is 956 g/mol. The third-order valence-electron chi connectivity index (χ3n) is 11.5. The molecule has 0 heterocycles. The molecule has 1 atom stereocenters. The summed E-state index contributed by atoms with van der Waals surface area (Å²) in [7, 11) is 0. The van der Waals surface area contributed by atoms with Gasteiger partial charge in [0.05, 0.1) is 0 Å². The summed E-state index contributed by atoms with van der Waals surface area (Å²) in [6.07, 6.45) is 77.7. The van der Waals surface area contributed by atoms with Gasteiger partial charge >= 0.3 is 17.9 Å². The topological polar surface area (TPSA) is 78.9 Å². The molecule has 0 saturated carbocycles. The molecule has 0 aromatic carbocycles. The van der Waals surface area contributed by atoms with Crippen LogP contribution in [-0.2, 0) is 28.6 Å². The minimum Gasteiger partial charge on any atom is -0.462 e. The Hall–Kier alpha value is -4.19. The monoisotopic (exact) mass is 955 g/mol. The highest BCUT2D eigenvalue weighted by atomic mass is 16.6. The SMILES string of the molecule is CC/C=C\C/C=C\C/C=C\C/C=C\C/C=C\C/C=C\CCCCCCCCC(=O)OCC(COC(=O)CCCCCCCCC)OC(=O)CCCCCCCC/C=C\C/C=C\C/C=C\C/C=C\CC. The van der Waals surface area contributed by atoms with Crippen molar-refractivity contribution in [1.82, 2.24) is 0 Å². The standard InChI is InChI=1S/C63H102O6/c1-4-7-10-13-16-18-20-22-24-26-28-29-30-31-32-33-35-36-38-40-42-44-47-50-53-56-62(65)68-59-60(58-67-61(64)55-52-49-46-15-12-9-6-3)69-63(66)57-54-51-48-45-43-41-39-37-34-27-25-23-21-19-17-14-11-8-5-2/h7-8,10-11,16-19,22-25,28-29,31-32,34-37,60H,4-6,9,12-15,20-21,26-27,30,33,38-59H2,1-3H3/b10-7-,11-8-,18-16-,19-17-,24-22-,25-23-,29-28-,32-31-,36-35-,37-34-. The Labute approximate surface area is 424 Å². The van der Waals surface area contributed by atoms with Crippen molar-refractivity contribution in [3.05, 3.63) is 122 Å². The Morgan fingerprint density at radius 1 is 0.304 bits per heavy atom. The zero-order valence-electron chi connectivity index (χ0n) is 44.5. The second-order valence-corrected chi connectivity index (χ2v) is 18.1. The third kappa shape index (κ3) is 54.6. The number of hydrogen-bond acceptors (Lipinski definition) is 6. The predicted molar refractivity (Wildman–Crippen MR) is 297 cm³/mol. The van der Waals surface area contributed by atoms with Gasteiger partial charge in [-0.05, 0) is 109 Å². The molecule has 0 amide bonds. The van der Waals surface area contributed by atoms with Crippen molar-refractivity contribution < 1.29 is 28.6 Å². The molecule has 0 aliphatic rings. The molecule has 390 valence electrons. The van der Waals surface area contributed by atoms with Crippen molar-refractivity contribution >= 4 is 17.9 Å². The molecular weight excluding hydrogens is 853 g/mol. The highest BCUT2D eigenvalue weighted by molar-refractivity contribution is 5.71. The molecule has 0 aromatic heterocycles. The zero-order chi connectivity index (χ0) is 50.0. The highest BCUT2D eigenvalue weighted by Crippen LogP contribution is 2.14. The van der Waals surface area contributed by atoms with E-state index in [1.54, 1.807) is 0 Å². The summed E-state index contributed by atoms with van der Waals surface area (Å²) >= 11 is 0. The van der Waals surface area contributed by atoms with Gasteiger partial charge in [0.2, 0.25) is 0 Å². The van der Waals surface area contributed by atoms with Gasteiger partial charge < -0.3 is 14.2 Å². The van der Waals surface area contributed by atoms with Gasteiger partial charge in [0, 0.05) is 19.3 Å². The van der Waals surface area contributed by atoms with Crippen LogP contribution in [0.4, 0.5) is 0 Å². The minimum atomic E-state index is -0.793. The van der Waals surface area contributed by atoms with Crippen LogP contribution < -0.4 is 0 Å². The lowest BCUT2D eigenvalue weighted by Crippen LogP contribution is -2.30. The lowest BCUT2D eigenvalue weighted by Gasteiger charge is -2.18. The predicted octanol–water partition coefficient (Wildman–Crippen LogP) is 18.9. The Bertz CT molecular complexity index is 1470. The fourth-order valence-electron chi connectivity index (χ4n) is 7.32. The smallest absolute Gasteiger partial charge is 0.306 e. The largest absolute Gasteiger partial charge is 0.462 e. The summed E-state index contributed by atoms with van der Waals surface area (Å²) in [5, 5.41) is 0. The first kappa shape index (κ1) is 64.8. The second kappa shape index (κ2) is 56.4. The summed E-state index contributed by atoms with van der Waals surface area (Å²) in [5.74, 6) is -0.931. The van der Waals surface area contributed by atoms with Gasteiger partial charge in [-0.2, -0.15) is 0 Å². The third-order valence-corrected chi connectivity index (χ3v) is 11.5. The molecular formula is C63H102O6. The molecule has 0 aliphatic heterocycles. The van der Waals surface area contributed by atoms with Gasteiger partial charge in [0.15, 0.2) is 6.10 Å². The Morgan fingerprint density at radius 2 is 0.565 bits per heavy atom. The molecule has 0 fully saturated rings. The summed E-state index contributed by atoms with van der Waals surface area (Å²) in [4.78, 5) is 37.9. The van der Waals surface area contributed by atoms with E-state index in [1.165, 1.54) is 51.4 Å². The molecule has 0 bridgehead atoms. The van der Waals surface area contributed by atoms with E-state index in [0.717, 1.165) is 148 Å². The van der Waals surface area contributed by atoms with Crippen LogP contribution in [-0.4, -0.2) is 37.2 Å². The fraction of sp³-hybridized carbons (Fsp3) is 0.635. The van der Waals surface area contributed by atoms with Crippen LogP contribution >= 0.6 is 0 Å². The molecule has 0 aliphatic carbocycles. The molecule has 0 spiro atoms. The molecule has 0 aromatic rings. The van der Waals surface area contributed by atoms with Crippen LogP contribution in [0.3, 0.4) is 0 Å². The molecule has 0 rings (SSSR count). The van der Waals surface area contributed by atoms with Crippen molar-refractivity contribution in [2.75, 3.05) is 13.2 Å². The summed E-state index contributed by atoms with van der Waals surface area (Å²) in [6, 6.07) is 0. The van der Waals surface area contributed by atoms with Gasteiger partial charge in [-0.3, -0.25) is 14.4 Å². The molecule has 0 radical (unpaired) electrons. The summed E-state index contributed by atoms with van der Waals surface area (Å²) in [5.41, 5.74) is 0. The Balaban J connectivity index is 4.29. The van der Waals surface area contributed by atoms with E-state index in [0.29, 0.717) is 19.3 Å². The van der Waals surface area contributed by atoms with E-state index in [1.807, 2.05) is 0 Å². The minimum absolute atomic E-state index is 0.0911. The number of allylic oxidation sites excluding steroid dienone is 20. The molecule has 6 heteroatoms. The molecule has 1 unspecified atom stereocenters. The quantitative estimate of drug-likeness (QED) is 0.0262. The first-order valence-electron chi connectivity index (χ1n) is 28.0. The zero-order valence-corrected chi connectivity index (χ0v) is 44.5. The molecule has 0 saturated heterocycles. The lowest BCUT2D eigenvalue weighted by molar-refractivity contribution is -0.167. The molecule has 69 heavy (non-hydrogen) atoms. The number of ether oxygens (including phenoxy) is 3. The van der Waals surface area contributed by atoms with Crippen molar-refractivity contribution in [2.45, 2.75) is 245 Å². The number of carbonyl (C=O) groups excluding carboxylic acids is 3. The van der Waals surface area contributed by atoms with E-state index >= 15 is 0 Å². The van der Waals surface area contributed by atoms with Crippen LogP contribution in [0.2, 0.25) is 0 Å². The summed E-state index contributed by atoms with van der Waals surface area (Å²) in [6.45, 7) is 6.34. The van der Waals surface area contributed by atoms with E-state index in [9.17, 15) is 14.4 Å². The second-order valence-electron chi connectivity index (χ2n) is 18.1. The van der Waals surface area contributed by atoms with Crippen LogP contribution in [0.15, 0.2) is 122 Å². The maximum absolute atomic E-state index is 12.8. The fourth-order valence-corrected chi connectivity index (χ4v) is 7.32. The van der Waals surface area contributed by atoms with E-state index in [-0.39, 0.29) is 31.1 Å². The number of hydrogen-bond donors (Lipinski definition) is 0. The van der Waals surface area contributed by atoms with Crippen molar-refractivity contribution in [3.8, 4) is 0 Å². The number of unbranched alkanes of at least 4 members (excludes halogenated alkanes) is 18. The maximum Gasteiger partial charge on any atom is 0.306 e. The van der Waals surface area contributed by atoms with E-state index in [2.05, 4.69) is 142 Å². The summed E-state index contributed by atoms with van der Waals surface area (Å²) < 4.78 is 16.8. The van der Waals surface area contributed by atoms with Crippen molar-refractivity contribution in [3.63, 3.8) is 0 Å². The highest BCUT2D eigenvalue weighted by Gasteiger charge is 2.19. The van der Waals surface area contributed by atoms with Crippen LogP contribution in [0.5, 0.6) is 0 Å².